The number of rotatable bonds is 5. The van der Waals surface area contributed by atoms with Gasteiger partial charge in [0, 0.05) is 27.8 Å². The molecule has 0 fully saturated rings. The minimum Gasteiger partial charge on any atom is -0.309 e. The highest BCUT2D eigenvalue weighted by Gasteiger charge is 2.12. The van der Waals surface area contributed by atoms with E-state index in [0.717, 1.165) is 26.8 Å². The van der Waals surface area contributed by atoms with Crippen molar-refractivity contribution in [3.8, 4) is 11.8 Å². The Morgan fingerprint density at radius 3 is 2.37 bits per heavy atom. The SMILES string of the molecule is Cc1ccc(N(C)C(=O)C#Cc2ccccc2N(C=O)Cc2ccccc2I)cc1. The lowest BCUT2D eigenvalue weighted by Gasteiger charge is -2.20. The normalized spacial score (nSPS) is 9.97. The number of anilines is 2. The maximum atomic E-state index is 12.6. The summed E-state index contributed by atoms with van der Waals surface area (Å²) in [5.74, 6) is 5.33. The van der Waals surface area contributed by atoms with Gasteiger partial charge in [0.05, 0.1) is 12.2 Å². The molecule has 0 N–H and O–H groups in total. The molecular weight excluding hydrogens is 487 g/mol. The molecule has 2 amide bonds. The van der Waals surface area contributed by atoms with Crippen molar-refractivity contribution in [1.82, 2.24) is 0 Å². The first-order valence-corrected chi connectivity index (χ1v) is 10.5. The first-order valence-electron chi connectivity index (χ1n) is 9.40. The summed E-state index contributed by atoms with van der Waals surface area (Å²) < 4.78 is 1.08. The molecule has 0 heterocycles. The Kier molecular flexibility index (Phi) is 7.26. The minimum absolute atomic E-state index is 0.316. The Balaban J connectivity index is 1.84. The smallest absolute Gasteiger partial charge is 0.302 e. The molecule has 3 aromatic rings. The van der Waals surface area contributed by atoms with Gasteiger partial charge in [0.2, 0.25) is 6.41 Å². The fourth-order valence-corrected chi connectivity index (χ4v) is 3.47. The first kappa shape index (κ1) is 21.6. The van der Waals surface area contributed by atoms with Gasteiger partial charge in [0.15, 0.2) is 0 Å². The van der Waals surface area contributed by atoms with E-state index in [2.05, 4.69) is 34.4 Å². The van der Waals surface area contributed by atoms with E-state index in [9.17, 15) is 9.59 Å². The van der Waals surface area contributed by atoms with E-state index >= 15 is 0 Å². The highest BCUT2D eigenvalue weighted by atomic mass is 127. The topological polar surface area (TPSA) is 40.6 Å². The standard InChI is InChI=1S/C25H21IN2O2/c1-19-11-14-22(15-12-19)27(2)25(30)16-13-20-7-4-6-10-24(20)28(18-29)17-21-8-3-5-9-23(21)26/h3-12,14-15,18H,17H2,1-2H3. The van der Waals surface area contributed by atoms with Crippen molar-refractivity contribution in [2.75, 3.05) is 16.8 Å². The molecule has 0 aliphatic rings. The lowest BCUT2D eigenvalue weighted by Crippen LogP contribution is -2.24. The molecule has 0 spiro atoms. The molecule has 0 saturated carbocycles. The zero-order valence-corrected chi connectivity index (χ0v) is 19.0. The monoisotopic (exact) mass is 508 g/mol. The molecular formula is C25H21IN2O2. The Labute approximate surface area is 190 Å². The number of nitrogens with zero attached hydrogens (tertiary/aromatic N) is 2. The van der Waals surface area contributed by atoms with Gasteiger partial charge in [-0.05, 0) is 65.4 Å². The number of benzene rings is 3. The molecule has 30 heavy (non-hydrogen) atoms. The zero-order chi connectivity index (χ0) is 21.5. The second-order valence-corrected chi connectivity index (χ2v) is 7.95. The van der Waals surface area contributed by atoms with E-state index in [1.807, 2.05) is 79.7 Å². The second-order valence-electron chi connectivity index (χ2n) is 6.79. The van der Waals surface area contributed by atoms with Crippen LogP contribution in [-0.4, -0.2) is 19.4 Å². The molecule has 0 unspecified atom stereocenters. The first-order chi connectivity index (χ1) is 14.5. The lowest BCUT2D eigenvalue weighted by molar-refractivity contribution is -0.113. The van der Waals surface area contributed by atoms with Crippen molar-refractivity contribution in [2.45, 2.75) is 13.5 Å². The summed E-state index contributed by atoms with van der Waals surface area (Å²) in [5.41, 5.74) is 4.25. The summed E-state index contributed by atoms with van der Waals surface area (Å²) >= 11 is 2.26. The third kappa shape index (κ3) is 5.28. The van der Waals surface area contributed by atoms with Crippen LogP contribution in [0.25, 0.3) is 0 Å². The molecule has 4 nitrogen and oxygen atoms in total. The molecule has 3 rings (SSSR count). The largest absolute Gasteiger partial charge is 0.309 e. The number of carbonyl (C=O) groups excluding carboxylic acids is 2. The summed E-state index contributed by atoms with van der Waals surface area (Å²) in [5, 5.41) is 0. The van der Waals surface area contributed by atoms with Gasteiger partial charge in [-0.25, -0.2) is 0 Å². The van der Waals surface area contributed by atoms with Gasteiger partial charge in [-0.2, -0.15) is 0 Å². The van der Waals surface area contributed by atoms with Crippen LogP contribution in [0.3, 0.4) is 0 Å². The molecule has 5 heteroatoms. The number of carbonyl (C=O) groups is 2. The van der Waals surface area contributed by atoms with E-state index < -0.39 is 0 Å². The summed E-state index contributed by atoms with van der Waals surface area (Å²) in [6, 6.07) is 22.9. The van der Waals surface area contributed by atoms with Crippen molar-refractivity contribution < 1.29 is 9.59 Å². The Bertz CT molecular complexity index is 1110. The van der Waals surface area contributed by atoms with Crippen molar-refractivity contribution in [2.24, 2.45) is 0 Å². The van der Waals surface area contributed by atoms with Crippen molar-refractivity contribution in [3.05, 3.63) is 93.1 Å². The summed E-state index contributed by atoms with van der Waals surface area (Å²) in [7, 11) is 1.70. The molecule has 0 atom stereocenters. The number of amides is 2. The zero-order valence-electron chi connectivity index (χ0n) is 16.8. The predicted octanol–water partition coefficient (Wildman–Crippen LogP) is 4.78. The van der Waals surface area contributed by atoms with E-state index in [-0.39, 0.29) is 5.91 Å². The number of halogens is 1. The third-order valence-electron chi connectivity index (χ3n) is 4.67. The second kappa shape index (κ2) is 10.1. The van der Waals surface area contributed by atoms with Crippen LogP contribution in [0.15, 0.2) is 72.8 Å². The number of hydrogen-bond donors (Lipinski definition) is 0. The quantitative estimate of drug-likeness (QED) is 0.283. The van der Waals surface area contributed by atoms with Gasteiger partial charge in [-0.1, -0.05) is 53.9 Å². The maximum Gasteiger partial charge on any atom is 0.302 e. The van der Waals surface area contributed by atoms with Gasteiger partial charge in [0.25, 0.3) is 0 Å². The summed E-state index contributed by atoms with van der Waals surface area (Å²) in [6.45, 7) is 2.43. The number of para-hydroxylation sites is 1. The Morgan fingerprint density at radius 2 is 1.67 bits per heavy atom. The van der Waals surface area contributed by atoms with Crippen LogP contribution >= 0.6 is 22.6 Å². The van der Waals surface area contributed by atoms with Crippen LogP contribution < -0.4 is 9.80 Å². The maximum absolute atomic E-state index is 12.6. The van der Waals surface area contributed by atoms with Gasteiger partial charge >= 0.3 is 5.91 Å². The molecule has 0 aliphatic heterocycles. The molecule has 3 aromatic carbocycles. The minimum atomic E-state index is -0.316. The van der Waals surface area contributed by atoms with Crippen LogP contribution in [0.4, 0.5) is 11.4 Å². The van der Waals surface area contributed by atoms with E-state index in [0.29, 0.717) is 17.8 Å². The summed E-state index contributed by atoms with van der Waals surface area (Å²) in [4.78, 5) is 27.5. The molecule has 0 aromatic heterocycles. The van der Waals surface area contributed by atoms with E-state index in [1.165, 1.54) is 4.90 Å². The average Bonchev–Trinajstić information content (AvgIpc) is 2.77. The molecule has 0 radical (unpaired) electrons. The van der Waals surface area contributed by atoms with Crippen LogP contribution in [0, 0.1) is 22.3 Å². The van der Waals surface area contributed by atoms with Crippen LogP contribution in [0.1, 0.15) is 16.7 Å². The molecule has 0 saturated heterocycles. The van der Waals surface area contributed by atoms with E-state index in [4.69, 9.17) is 0 Å². The van der Waals surface area contributed by atoms with Gasteiger partial charge in [0.1, 0.15) is 0 Å². The third-order valence-corrected chi connectivity index (χ3v) is 5.72. The fourth-order valence-electron chi connectivity index (χ4n) is 2.91. The van der Waals surface area contributed by atoms with Crippen molar-refractivity contribution >= 4 is 46.3 Å². The molecule has 0 bridgehead atoms. The average molecular weight is 508 g/mol. The van der Waals surface area contributed by atoms with Gasteiger partial charge in [-0.3, -0.25) is 9.59 Å². The highest BCUT2D eigenvalue weighted by Crippen LogP contribution is 2.22. The van der Waals surface area contributed by atoms with Crippen molar-refractivity contribution in [3.63, 3.8) is 0 Å². The predicted molar refractivity (Wildman–Crippen MR) is 129 cm³/mol. The van der Waals surface area contributed by atoms with Gasteiger partial charge in [-0.15, -0.1) is 0 Å². The Morgan fingerprint density at radius 1 is 1.00 bits per heavy atom. The fraction of sp³-hybridized carbons (Fsp3) is 0.120. The van der Waals surface area contributed by atoms with E-state index in [1.54, 1.807) is 11.9 Å². The van der Waals surface area contributed by atoms with Crippen LogP contribution in [0.5, 0.6) is 0 Å². The number of aryl methyl sites for hydroxylation is 1. The highest BCUT2D eigenvalue weighted by molar-refractivity contribution is 14.1. The molecule has 0 aliphatic carbocycles. The van der Waals surface area contributed by atoms with Gasteiger partial charge < -0.3 is 9.80 Å². The lowest BCUT2D eigenvalue weighted by atomic mass is 10.1. The van der Waals surface area contributed by atoms with Crippen LogP contribution in [-0.2, 0) is 16.1 Å². The summed E-state index contributed by atoms with van der Waals surface area (Å²) in [6.07, 6.45) is 0.795. The molecule has 150 valence electrons. The van der Waals surface area contributed by atoms with Crippen molar-refractivity contribution in [1.29, 1.82) is 0 Å². The number of hydrogen-bond acceptors (Lipinski definition) is 2. The van der Waals surface area contributed by atoms with Crippen LogP contribution in [0.2, 0.25) is 0 Å². The Hall–Kier alpha value is -3.11.